The second kappa shape index (κ2) is 3.02. The van der Waals surface area contributed by atoms with E-state index in [-0.39, 0.29) is 0 Å². The van der Waals surface area contributed by atoms with Crippen molar-refractivity contribution in [3.8, 4) is 0 Å². The number of rotatable bonds is 2. The van der Waals surface area contributed by atoms with E-state index in [1.54, 1.807) is 6.08 Å². The van der Waals surface area contributed by atoms with E-state index in [1.807, 2.05) is 6.92 Å². The number of hydrogen-bond acceptors (Lipinski definition) is 3. The first kappa shape index (κ1) is 8.23. The SMILES string of the molecule is CC1=CC([C@H](N)C(=O)O)OC1. The number of carboxylic acid groups (broad SMARTS) is 1. The molecule has 0 aromatic heterocycles. The van der Waals surface area contributed by atoms with Crippen LogP contribution in [-0.4, -0.2) is 29.8 Å². The molecule has 1 aliphatic rings. The molecule has 0 aliphatic carbocycles. The summed E-state index contributed by atoms with van der Waals surface area (Å²) in [6, 6.07) is -0.938. The second-order valence-electron chi connectivity index (χ2n) is 2.65. The first-order valence-electron chi connectivity index (χ1n) is 3.38. The molecule has 11 heavy (non-hydrogen) atoms. The zero-order valence-electron chi connectivity index (χ0n) is 6.28. The minimum absolute atomic E-state index is 0.451. The van der Waals surface area contributed by atoms with E-state index in [2.05, 4.69) is 0 Å². The van der Waals surface area contributed by atoms with E-state index < -0.39 is 18.1 Å². The summed E-state index contributed by atoms with van der Waals surface area (Å²) in [6.45, 7) is 2.38. The molecule has 0 saturated heterocycles. The molecule has 0 bridgehead atoms. The summed E-state index contributed by atoms with van der Waals surface area (Å²) < 4.78 is 5.09. The van der Waals surface area contributed by atoms with E-state index in [1.165, 1.54) is 0 Å². The minimum atomic E-state index is -1.03. The van der Waals surface area contributed by atoms with Crippen LogP contribution in [0.4, 0.5) is 0 Å². The zero-order valence-corrected chi connectivity index (χ0v) is 6.28. The normalized spacial score (nSPS) is 26.4. The maximum atomic E-state index is 10.4. The Hall–Kier alpha value is -0.870. The first-order valence-corrected chi connectivity index (χ1v) is 3.38. The maximum Gasteiger partial charge on any atom is 0.323 e. The van der Waals surface area contributed by atoms with Crippen molar-refractivity contribution >= 4 is 5.97 Å². The predicted molar refractivity (Wildman–Crippen MR) is 39.1 cm³/mol. The Morgan fingerprint density at radius 1 is 2.00 bits per heavy atom. The third-order valence-corrected chi connectivity index (χ3v) is 1.59. The Morgan fingerprint density at radius 3 is 3.00 bits per heavy atom. The van der Waals surface area contributed by atoms with Gasteiger partial charge in [-0.3, -0.25) is 4.79 Å². The lowest BCUT2D eigenvalue weighted by Gasteiger charge is -2.11. The third kappa shape index (κ3) is 1.78. The fraction of sp³-hybridized carbons (Fsp3) is 0.571. The molecule has 0 aromatic rings. The number of carbonyl (C=O) groups is 1. The molecule has 0 saturated carbocycles. The maximum absolute atomic E-state index is 10.4. The lowest BCUT2D eigenvalue weighted by Crippen LogP contribution is -2.40. The molecule has 0 radical (unpaired) electrons. The van der Waals surface area contributed by atoms with E-state index >= 15 is 0 Å². The van der Waals surface area contributed by atoms with Crippen molar-refractivity contribution in [2.45, 2.75) is 19.1 Å². The van der Waals surface area contributed by atoms with E-state index in [4.69, 9.17) is 15.6 Å². The number of nitrogens with two attached hydrogens (primary N) is 1. The van der Waals surface area contributed by atoms with Crippen molar-refractivity contribution in [2.24, 2.45) is 5.73 Å². The molecule has 1 heterocycles. The molecule has 62 valence electrons. The second-order valence-corrected chi connectivity index (χ2v) is 2.65. The highest BCUT2D eigenvalue weighted by molar-refractivity contribution is 5.74. The number of hydrogen-bond donors (Lipinski definition) is 2. The van der Waals surface area contributed by atoms with Gasteiger partial charge in [0.25, 0.3) is 0 Å². The van der Waals surface area contributed by atoms with Gasteiger partial charge in [-0.25, -0.2) is 0 Å². The van der Waals surface area contributed by atoms with Crippen LogP contribution < -0.4 is 5.73 Å². The van der Waals surface area contributed by atoms with Gasteiger partial charge in [0.1, 0.15) is 12.1 Å². The molecule has 4 nitrogen and oxygen atoms in total. The topological polar surface area (TPSA) is 72.6 Å². The Bertz CT molecular complexity index is 200. The average Bonchev–Trinajstić information content (AvgIpc) is 2.34. The van der Waals surface area contributed by atoms with Crippen LogP contribution in [0.2, 0.25) is 0 Å². The van der Waals surface area contributed by atoms with Gasteiger partial charge in [-0.05, 0) is 12.5 Å². The third-order valence-electron chi connectivity index (χ3n) is 1.59. The molecule has 2 atom stereocenters. The van der Waals surface area contributed by atoms with E-state index in [9.17, 15) is 4.79 Å². The highest BCUT2D eigenvalue weighted by Gasteiger charge is 2.26. The van der Waals surface area contributed by atoms with Crippen LogP contribution in [0.1, 0.15) is 6.92 Å². The molecule has 1 aliphatic heterocycles. The highest BCUT2D eigenvalue weighted by Crippen LogP contribution is 2.12. The van der Waals surface area contributed by atoms with Crippen molar-refractivity contribution in [1.82, 2.24) is 0 Å². The van der Waals surface area contributed by atoms with Gasteiger partial charge in [-0.15, -0.1) is 0 Å². The Balaban J connectivity index is 2.56. The molecule has 0 fully saturated rings. The molecule has 1 rings (SSSR count). The van der Waals surface area contributed by atoms with Crippen LogP contribution in [0.5, 0.6) is 0 Å². The van der Waals surface area contributed by atoms with Gasteiger partial charge in [0, 0.05) is 0 Å². The Morgan fingerprint density at radius 2 is 2.64 bits per heavy atom. The van der Waals surface area contributed by atoms with Gasteiger partial charge < -0.3 is 15.6 Å². The van der Waals surface area contributed by atoms with Crippen molar-refractivity contribution < 1.29 is 14.6 Å². The molecule has 0 amide bonds. The monoisotopic (exact) mass is 157 g/mol. The fourth-order valence-electron chi connectivity index (χ4n) is 0.952. The van der Waals surface area contributed by atoms with Gasteiger partial charge in [-0.2, -0.15) is 0 Å². The van der Waals surface area contributed by atoms with Gasteiger partial charge in [0.05, 0.1) is 6.61 Å². The Kier molecular flexibility index (Phi) is 2.26. The van der Waals surface area contributed by atoms with Crippen LogP contribution in [0.3, 0.4) is 0 Å². The summed E-state index contributed by atoms with van der Waals surface area (Å²) in [7, 11) is 0. The summed E-state index contributed by atoms with van der Waals surface area (Å²) in [5, 5.41) is 8.49. The van der Waals surface area contributed by atoms with Gasteiger partial charge in [0.15, 0.2) is 0 Å². The van der Waals surface area contributed by atoms with Crippen molar-refractivity contribution in [2.75, 3.05) is 6.61 Å². The van der Waals surface area contributed by atoms with Crippen molar-refractivity contribution in [3.63, 3.8) is 0 Å². The fourth-order valence-corrected chi connectivity index (χ4v) is 0.952. The molecule has 4 heteroatoms. The summed E-state index contributed by atoms with van der Waals surface area (Å²) in [4.78, 5) is 10.4. The van der Waals surface area contributed by atoms with Crippen LogP contribution in [-0.2, 0) is 9.53 Å². The molecule has 0 spiro atoms. The Labute approximate surface area is 64.6 Å². The zero-order chi connectivity index (χ0) is 8.43. The lowest BCUT2D eigenvalue weighted by atomic mass is 10.1. The molecule has 3 N–H and O–H groups in total. The van der Waals surface area contributed by atoms with E-state index in [0.717, 1.165) is 5.57 Å². The standard InChI is InChI=1S/C7H11NO3/c1-4-2-5(11-3-4)6(8)7(9)10/h2,5-6H,3,8H2,1H3,(H,9,10)/t5?,6-/m0/s1. The summed E-state index contributed by atoms with van der Waals surface area (Å²) in [6.07, 6.45) is 1.30. The van der Waals surface area contributed by atoms with Crippen molar-refractivity contribution in [3.05, 3.63) is 11.6 Å². The molecule has 1 unspecified atom stereocenters. The lowest BCUT2D eigenvalue weighted by molar-refractivity contribution is -0.140. The first-order chi connectivity index (χ1) is 5.11. The average molecular weight is 157 g/mol. The van der Waals surface area contributed by atoms with E-state index in [0.29, 0.717) is 6.61 Å². The molecular weight excluding hydrogens is 146 g/mol. The molecule has 0 aromatic carbocycles. The summed E-state index contributed by atoms with van der Waals surface area (Å²) >= 11 is 0. The number of ether oxygens (including phenoxy) is 1. The highest BCUT2D eigenvalue weighted by atomic mass is 16.5. The predicted octanol–water partition coefficient (Wildman–Crippen LogP) is -0.257. The van der Waals surface area contributed by atoms with Gasteiger partial charge in [-0.1, -0.05) is 6.08 Å². The van der Waals surface area contributed by atoms with Crippen LogP contribution in [0, 0.1) is 0 Å². The molecular formula is C7H11NO3. The number of aliphatic carboxylic acids is 1. The van der Waals surface area contributed by atoms with Crippen LogP contribution in [0.25, 0.3) is 0 Å². The largest absolute Gasteiger partial charge is 0.480 e. The quantitative estimate of drug-likeness (QED) is 0.542. The van der Waals surface area contributed by atoms with Crippen molar-refractivity contribution in [1.29, 1.82) is 0 Å². The minimum Gasteiger partial charge on any atom is -0.480 e. The van der Waals surface area contributed by atoms with Gasteiger partial charge in [0.2, 0.25) is 0 Å². The van der Waals surface area contributed by atoms with Crippen LogP contribution in [0.15, 0.2) is 11.6 Å². The van der Waals surface area contributed by atoms with Crippen LogP contribution >= 0.6 is 0 Å². The summed E-state index contributed by atoms with van der Waals surface area (Å²) in [5.74, 6) is -1.03. The smallest absolute Gasteiger partial charge is 0.323 e. The number of carboxylic acids is 1. The van der Waals surface area contributed by atoms with Gasteiger partial charge >= 0.3 is 5.97 Å². The summed E-state index contributed by atoms with van der Waals surface area (Å²) in [5.41, 5.74) is 6.35.